The van der Waals surface area contributed by atoms with Gasteiger partial charge in [0.25, 0.3) is 5.91 Å². The van der Waals surface area contributed by atoms with Crippen molar-refractivity contribution in [2.24, 2.45) is 5.41 Å². The number of fused-ring (bicyclic) bond motifs is 1. The lowest BCUT2D eigenvalue weighted by atomic mass is 9.47. The van der Waals surface area contributed by atoms with Crippen molar-refractivity contribution in [1.82, 2.24) is 4.90 Å². The quantitative estimate of drug-likeness (QED) is 0.643. The molecule has 0 radical (unpaired) electrons. The molecule has 4 aliphatic rings. The van der Waals surface area contributed by atoms with Crippen LogP contribution >= 0.6 is 0 Å². The van der Waals surface area contributed by atoms with Crippen LogP contribution in [0.3, 0.4) is 0 Å². The lowest BCUT2D eigenvalue weighted by molar-refractivity contribution is -0.161. The van der Waals surface area contributed by atoms with Crippen LogP contribution in [-0.4, -0.2) is 52.2 Å². The second-order valence-corrected chi connectivity index (χ2v) is 11.0. The summed E-state index contributed by atoms with van der Waals surface area (Å²) in [5, 5.41) is 23.8. The lowest BCUT2D eigenvalue weighted by Gasteiger charge is -2.57. The Kier molecular flexibility index (Phi) is 4.82. The van der Waals surface area contributed by atoms with Crippen molar-refractivity contribution in [3.8, 4) is 11.1 Å². The molecule has 6 heteroatoms. The van der Waals surface area contributed by atoms with E-state index in [2.05, 4.69) is 23.5 Å². The van der Waals surface area contributed by atoms with E-state index in [0.29, 0.717) is 38.8 Å². The smallest absolute Gasteiger partial charge is 0.314 e. The molecule has 1 amide bonds. The number of rotatable bonds is 4. The minimum Gasteiger partial charge on any atom is -0.481 e. The van der Waals surface area contributed by atoms with Crippen LogP contribution in [0.1, 0.15) is 56.1 Å². The maximum absolute atomic E-state index is 12.5. The molecule has 0 aromatic heterocycles. The summed E-state index contributed by atoms with van der Waals surface area (Å²) >= 11 is 0. The van der Waals surface area contributed by atoms with E-state index >= 15 is 0 Å². The Hall–Kier alpha value is -2.86. The van der Waals surface area contributed by atoms with Crippen LogP contribution < -0.4 is 5.32 Å². The molecule has 0 unspecified atom stereocenters. The molecule has 3 fully saturated rings. The number of amides is 1. The van der Waals surface area contributed by atoms with E-state index in [9.17, 15) is 19.8 Å². The molecule has 2 aliphatic carbocycles. The van der Waals surface area contributed by atoms with E-state index in [1.165, 1.54) is 11.3 Å². The number of likely N-dealkylation sites (tertiary alicyclic amines) is 1. The van der Waals surface area contributed by atoms with Crippen LogP contribution in [0, 0.1) is 5.41 Å². The van der Waals surface area contributed by atoms with Crippen LogP contribution in [0.2, 0.25) is 0 Å². The van der Waals surface area contributed by atoms with Gasteiger partial charge in [0.2, 0.25) is 0 Å². The number of nitrogens with one attached hydrogen (secondary N) is 1. The van der Waals surface area contributed by atoms with Gasteiger partial charge in [-0.1, -0.05) is 36.4 Å². The number of aryl methyl sites for hydroxylation is 1. The first-order valence-electron chi connectivity index (χ1n) is 12.6. The Morgan fingerprint density at radius 1 is 0.912 bits per heavy atom. The third-order valence-electron chi connectivity index (χ3n) is 8.81. The highest BCUT2D eigenvalue weighted by Crippen LogP contribution is 2.61. The molecule has 2 saturated carbocycles. The van der Waals surface area contributed by atoms with Crippen LogP contribution in [0.25, 0.3) is 11.1 Å². The second kappa shape index (κ2) is 7.57. The molecule has 34 heavy (non-hydrogen) atoms. The van der Waals surface area contributed by atoms with Crippen LogP contribution in [0.4, 0.5) is 5.69 Å². The van der Waals surface area contributed by atoms with Gasteiger partial charge < -0.3 is 20.4 Å². The summed E-state index contributed by atoms with van der Waals surface area (Å²) in [5.41, 5.74) is 3.67. The molecule has 6 rings (SSSR count). The molecule has 2 aromatic rings. The van der Waals surface area contributed by atoms with E-state index in [0.717, 1.165) is 48.9 Å². The molecular formula is C28H32N2O4. The average Bonchev–Trinajstić information content (AvgIpc) is 3.60. The van der Waals surface area contributed by atoms with Gasteiger partial charge in [-0.05, 0) is 85.1 Å². The number of aliphatic carboxylic acids is 1. The summed E-state index contributed by atoms with van der Waals surface area (Å²) in [4.78, 5) is 26.7. The highest BCUT2D eigenvalue weighted by molar-refractivity contribution is 5.88. The van der Waals surface area contributed by atoms with Crippen molar-refractivity contribution in [3.63, 3.8) is 0 Å². The molecular weight excluding hydrogens is 428 g/mol. The summed E-state index contributed by atoms with van der Waals surface area (Å²) in [6, 6.07) is 14.6. The molecule has 2 heterocycles. The van der Waals surface area contributed by atoms with E-state index < -0.39 is 17.0 Å². The maximum Gasteiger partial charge on any atom is 0.314 e. The third-order valence-corrected chi connectivity index (χ3v) is 8.81. The molecule has 6 nitrogen and oxygen atoms in total. The predicted molar refractivity (Wildman–Crippen MR) is 130 cm³/mol. The Morgan fingerprint density at radius 2 is 1.59 bits per heavy atom. The number of anilines is 1. The van der Waals surface area contributed by atoms with Crippen LogP contribution in [0.5, 0.6) is 0 Å². The van der Waals surface area contributed by atoms with E-state index in [-0.39, 0.29) is 11.3 Å². The zero-order valence-corrected chi connectivity index (χ0v) is 19.5. The van der Waals surface area contributed by atoms with Gasteiger partial charge in [-0.2, -0.15) is 0 Å². The largest absolute Gasteiger partial charge is 0.481 e. The lowest BCUT2D eigenvalue weighted by Crippen LogP contribution is -2.59. The normalized spacial score (nSPS) is 23.4. The summed E-state index contributed by atoms with van der Waals surface area (Å²) < 4.78 is 0. The standard InChI is InChI=1S/C28H32N2O4/c31-24(28(34)9-10-28)30-14-11-26(12-15-30)17-27(18-26,25(32)33)22-7-5-19(6-8-22)21-4-3-20-2-1-13-29-23(20)16-21/h3-8,16,29,34H,1-2,9-15,17-18H2,(H,32,33). The van der Waals surface area contributed by atoms with Crippen LogP contribution in [-0.2, 0) is 21.4 Å². The molecule has 0 bridgehead atoms. The predicted octanol–water partition coefficient (Wildman–Crippen LogP) is 3.96. The number of hydrogen-bond donors (Lipinski definition) is 3. The first-order valence-corrected chi connectivity index (χ1v) is 12.6. The van der Waals surface area contributed by atoms with Crippen molar-refractivity contribution in [2.45, 2.75) is 62.4 Å². The zero-order chi connectivity index (χ0) is 23.6. The summed E-state index contributed by atoms with van der Waals surface area (Å²) in [7, 11) is 0. The number of carbonyl (C=O) groups is 2. The monoisotopic (exact) mass is 460 g/mol. The van der Waals surface area contributed by atoms with Gasteiger partial charge in [0, 0.05) is 25.3 Å². The van der Waals surface area contributed by atoms with Crippen molar-refractivity contribution >= 4 is 17.6 Å². The minimum absolute atomic E-state index is 0.0236. The molecule has 1 spiro atoms. The zero-order valence-electron chi connectivity index (χ0n) is 19.5. The molecule has 0 atom stereocenters. The van der Waals surface area contributed by atoms with E-state index in [1.807, 2.05) is 24.3 Å². The SMILES string of the molecule is O=C(N1CCC2(CC1)CC(C(=O)O)(c1ccc(-c3ccc4c(c3)NCCC4)cc1)C2)C1(O)CC1. The number of carbonyl (C=O) groups excluding carboxylic acids is 1. The summed E-state index contributed by atoms with van der Waals surface area (Å²) in [5.74, 6) is -0.895. The first-order chi connectivity index (χ1) is 16.3. The number of piperidine rings is 1. The fourth-order valence-electron chi connectivity index (χ4n) is 6.49. The molecule has 3 N–H and O–H groups in total. The van der Waals surface area contributed by atoms with Gasteiger partial charge in [0.15, 0.2) is 0 Å². The highest BCUT2D eigenvalue weighted by Gasteiger charge is 2.61. The number of aliphatic hydroxyl groups is 1. The number of carboxylic acid groups (broad SMARTS) is 1. The Labute approximate surface area is 200 Å². The Morgan fingerprint density at radius 3 is 2.24 bits per heavy atom. The molecule has 1 saturated heterocycles. The summed E-state index contributed by atoms with van der Waals surface area (Å²) in [6.45, 7) is 2.23. The number of hydrogen-bond acceptors (Lipinski definition) is 4. The van der Waals surface area contributed by atoms with Gasteiger partial charge in [-0.3, -0.25) is 9.59 Å². The fraction of sp³-hybridized carbons (Fsp3) is 0.500. The van der Waals surface area contributed by atoms with Gasteiger partial charge in [0.1, 0.15) is 5.60 Å². The second-order valence-electron chi connectivity index (χ2n) is 11.0. The van der Waals surface area contributed by atoms with Gasteiger partial charge in [-0.25, -0.2) is 0 Å². The van der Waals surface area contributed by atoms with Gasteiger partial charge in [-0.15, -0.1) is 0 Å². The van der Waals surface area contributed by atoms with Gasteiger partial charge >= 0.3 is 5.97 Å². The molecule has 2 aliphatic heterocycles. The minimum atomic E-state index is -1.12. The summed E-state index contributed by atoms with van der Waals surface area (Å²) in [6.07, 6.45) is 6.25. The Bertz CT molecular complexity index is 1140. The Balaban J connectivity index is 1.17. The highest BCUT2D eigenvalue weighted by atomic mass is 16.4. The van der Waals surface area contributed by atoms with Crippen LogP contribution in [0.15, 0.2) is 42.5 Å². The van der Waals surface area contributed by atoms with Crippen molar-refractivity contribution < 1.29 is 19.8 Å². The van der Waals surface area contributed by atoms with Crippen molar-refractivity contribution in [2.75, 3.05) is 25.0 Å². The first kappa shape index (κ1) is 21.7. The number of carboxylic acids is 1. The molecule has 178 valence electrons. The van der Waals surface area contributed by atoms with E-state index in [1.54, 1.807) is 4.90 Å². The van der Waals surface area contributed by atoms with Crippen molar-refractivity contribution in [1.29, 1.82) is 0 Å². The molecule has 2 aromatic carbocycles. The fourth-order valence-corrected chi connectivity index (χ4v) is 6.49. The third kappa shape index (κ3) is 3.42. The maximum atomic E-state index is 12.5. The van der Waals surface area contributed by atoms with Crippen molar-refractivity contribution in [3.05, 3.63) is 53.6 Å². The van der Waals surface area contributed by atoms with Gasteiger partial charge in [0.05, 0.1) is 5.41 Å². The average molecular weight is 461 g/mol. The number of nitrogens with zero attached hydrogens (tertiary/aromatic N) is 1. The van der Waals surface area contributed by atoms with E-state index in [4.69, 9.17) is 0 Å². The number of benzene rings is 2. The topological polar surface area (TPSA) is 89.9 Å².